The molecule has 0 spiro atoms. The molecular weight excluding hydrogens is 530 g/mol. The second-order valence-corrected chi connectivity index (χ2v) is 11.4. The van der Waals surface area contributed by atoms with E-state index in [4.69, 9.17) is 4.74 Å². The number of nitrogens with zero attached hydrogens (tertiary/aromatic N) is 1. The quantitative estimate of drug-likeness (QED) is 0.273. The third-order valence-electron chi connectivity index (χ3n) is 8.38. The number of nitrogens with one attached hydrogen (secondary N) is 2. The van der Waals surface area contributed by atoms with Crippen LogP contribution in [0.1, 0.15) is 61.6 Å². The molecule has 0 saturated carbocycles. The van der Waals surface area contributed by atoms with E-state index in [1.54, 1.807) is 0 Å². The highest BCUT2D eigenvalue weighted by Crippen LogP contribution is 2.44. The van der Waals surface area contributed by atoms with E-state index in [9.17, 15) is 19.5 Å². The molecule has 0 aromatic heterocycles. The molecule has 5 rings (SSSR count). The molecule has 2 amide bonds. The zero-order chi connectivity index (χ0) is 29.5. The number of ether oxygens (including phenoxy) is 1. The number of hydrogen-bond acceptors (Lipinski definition) is 5. The summed E-state index contributed by atoms with van der Waals surface area (Å²) in [6.45, 7) is 3.70. The van der Waals surface area contributed by atoms with E-state index in [-0.39, 0.29) is 24.9 Å². The van der Waals surface area contributed by atoms with Crippen molar-refractivity contribution in [3.8, 4) is 11.1 Å². The Morgan fingerprint density at radius 3 is 2.26 bits per heavy atom. The molecule has 1 saturated heterocycles. The number of amides is 2. The van der Waals surface area contributed by atoms with Gasteiger partial charge in [-0.2, -0.15) is 0 Å². The molecule has 2 unspecified atom stereocenters. The van der Waals surface area contributed by atoms with Crippen LogP contribution in [0.15, 0.2) is 78.9 Å². The summed E-state index contributed by atoms with van der Waals surface area (Å²) >= 11 is 0. The van der Waals surface area contributed by atoms with Crippen LogP contribution in [-0.4, -0.2) is 59.3 Å². The van der Waals surface area contributed by atoms with Crippen LogP contribution >= 0.6 is 0 Å². The van der Waals surface area contributed by atoms with Crippen LogP contribution in [0.4, 0.5) is 4.79 Å². The van der Waals surface area contributed by atoms with Gasteiger partial charge in [0, 0.05) is 31.6 Å². The van der Waals surface area contributed by atoms with E-state index in [0.717, 1.165) is 40.7 Å². The molecule has 0 radical (unpaired) electrons. The summed E-state index contributed by atoms with van der Waals surface area (Å²) in [5, 5.41) is 15.3. The third kappa shape index (κ3) is 6.65. The van der Waals surface area contributed by atoms with E-state index < -0.39 is 23.6 Å². The van der Waals surface area contributed by atoms with Crippen molar-refractivity contribution in [2.24, 2.45) is 0 Å². The highest BCUT2D eigenvalue weighted by molar-refractivity contribution is 5.91. The SMILES string of the molecule is CCCCC(CC(=O)O)NC(=O)C1(NC(=O)OCC2c3ccccc3-c3ccccc32)CCN(Cc2ccccc2)C1. The second kappa shape index (κ2) is 13.2. The number of carboxylic acids is 1. The Hall–Kier alpha value is -4.17. The van der Waals surface area contributed by atoms with Crippen LogP contribution < -0.4 is 10.6 Å². The molecule has 1 aliphatic carbocycles. The van der Waals surface area contributed by atoms with Crippen molar-refractivity contribution in [1.82, 2.24) is 15.5 Å². The van der Waals surface area contributed by atoms with Crippen LogP contribution in [0, 0.1) is 0 Å². The van der Waals surface area contributed by atoms with E-state index in [2.05, 4.69) is 39.8 Å². The minimum Gasteiger partial charge on any atom is -0.481 e. The van der Waals surface area contributed by atoms with Crippen LogP contribution in [0.2, 0.25) is 0 Å². The van der Waals surface area contributed by atoms with Crippen molar-refractivity contribution in [3.05, 3.63) is 95.6 Å². The molecule has 220 valence electrons. The Morgan fingerprint density at radius 1 is 0.976 bits per heavy atom. The molecule has 1 aliphatic heterocycles. The molecule has 3 N–H and O–H groups in total. The molecule has 1 heterocycles. The summed E-state index contributed by atoms with van der Waals surface area (Å²) < 4.78 is 5.82. The molecule has 2 aliphatic rings. The molecular formula is C34H39N3O5. The van der Waals surface area contributed by atoms with Gasteiger partial charge >= 0.3 is 12.1 Å². The Labute approximate surface area is 247 Å². The van der Waals surface area contributed by atoms with Crippen molar-refractivity contribution in [2.45, 2.75) is 63.1 Å². The minimum absolute atomic E-state index is 0.0972. The number of carboxylic acid groups (broad SMARTS) is 1. The van der Waals surface area contributed by atoms with Gasteiger partial charge in [-0.05, 0) is 40.7 Å². The predicted molar refractivity (Wildman–Crippen MR) is 161 cm³/mol. The van der Waals surface area contributed by atoms with Crippen LogP contribution in [0.3, 0.4) is 0 Å². The number of benzene rings is 3. The van der Waals surface area contributed by atoms with E-state index in [0.29, 0.717) is 32.5 Å². The average Bonchev–Trinajstić information content (AvgIpc) is 3.54. The summed E-state index contributed by atoms with van der Waals surface area (Å²) in [6, 6.07) is 25.8. The summed E-state index contributed by atoms with van der Waals surface area (Å²) in [5.74, 6) is -1.43. The van der Waals surface area contributed by atoms with Crippen molar-refractivity contribution in [1.29, 1.82) is 0 Å². The van der Waals surface area contributed by atoms with Gasteiger partial charge in [0.2, 0.25) is 5.91 Å². The summed E-state index contributed by atoms with van der Waals surface area (Å²) in [5.41, 5.74) is 4.38. The van der Waals surface area contributed by atoms with Crippen molar-refractivity contribution in [3.63, 3.8) is 0 Å². The Kier molecular flexibility index (Phi) is 9.22. The smallest absolute Gasteiger partial charge is 0.408 e. The number of likely N-dealkylation sites (tertiary alicyclic amines) is 1. The number of aliphatic carboxylic acids is 1. The van der Waals surface area contributed by atoms with Gasteiger partial charge in [0.05, 0.1) is 6.42 Å². The molecule has 1 fully saturated rings. The monoisotopic (exact) mass is 569 g/mol. The maximum Gasteiger partial charge on any atom is 0.408 e. The molecule has 3 aromatic rings. The molecule has 3 aromatic carbocycles. The largest absolute Gasteiger partial charge is 0.481 e. The standard InChI is InChI=1S/C34H39N3O5/c1-2-3-13-25(20-31(38)39)35-32(40)34(18-19-37(23-34)21-24-11-5-4-6-12-24)36-33(41)42-22-30-28-16-9-7-14-26(28)27-15-8-10-17-29(27)30/h4-12,14-17,25,30H,2-3,13,18-23H2,1H3,(H,35,40)(H,36,41)(H,38,39). The molecule has 2 atom stereocenters. The highest BCUT2D eigenvalue weighted by Gasteiger charge is 2.47. The third-order valence-corrected chi connectivity index (χ3v) is 8.38. The molecule has 42 heavy (non-hydrogen) atoms. The fourth-order valence-electron chi connectivity index (χ4n) is 6.25. The Balaban J connectivity index is 1.31. The lowest BCUT2D eigenvalue weighted by molar-refractivity contribution is -0.138. The van der Waals surface area contributed by atoms with Gasteiger partial charge in [0.1, 0.15) is 12.1 Å². The maximum atomic E-state index is 13.8. The van der Waals surface area contributed by atoms with Gasteiger partial charge < -0.3 is 20.5 Å². The summed E-state index contributed by atoms with van der Waals surface area (Å²) in [6.07, 6.45) is 1.81. The zero-order valence-electron chi connectivity index (χ0n) is 24.1. The first-order chi connectivity index (χ1) is 20.4. The number of unbranched alkanes of at least 4 members (excludes halogenated alkanes) is 1. The van der Waals surface area contributed by atoms with Crippen molar-refractivity contribution >= 4 is 18.0 Å². The maximum absolute atomic E-state index is 13.8. The fraction of sp³-hybridized carbons (Fsp3) is 0.382. The van der Waals surface area contributed by atoms with Crippen LogP contribution in [0.25, 0.3) is 11.1 Å². The van der Waals surface area contributed by atoms with Crippen LogP contribution in [0.5, 0.6) is 0 Å². The van der Waals surface area contributed by atoms with Gasteiger partial charge in [-0.3, -0.25) is 14.5 Å². The van der Waals surface area contributed by atoms with Gasteiger partial charge in [0.25, 0.3) is 0 Å². The first-order valence-electron chi connectivity index (χ1n) is 14.8. The first kappa shape index (κ1) is 29.3. The van der Waals surface area contributed by atoms with E-state index >= 15 is 0 Å². The van der Waals surface area contributed by atoms with Crippen molar-refractivity contribution < 1.29 is 24.2 Å². The summed E-state index contributed by atoms with van der Waals surface area (Å²) in [4.78, 5) is 40.9. The van der Waals surface area contributed by atoms with Crippen molar-refractivity contribution in [2.75, 3.05) is 19.7 Å². The Bertz CT molecular complexity index is 1370. The molecule has 8 nitrogen and oxygen atoms in total. The second-order valence-electron chi connectivity index (χ2n) is 11.4. The normalized spacial score (nSPS) is 18.6. The van der Waals surface area contributed by atoms with Gasteiger partial charge in [-0.1, -0.05) is 98.6 Å². The number of carbonyl (C=O) groups excluding carboxylic acids is 2. The number of carbonyl (C=O) groups is 3. The molecule has 8 heteroatoms. The minimum atomic E-state index is -1.24. The lowest BCUT2D eigenvalue weighted by Crippen LogP contribution is -2.62. The van der Waals surface area contributed by atoms with Gasteiger partial charge in [-0.15, -0.1) is 0 Å². The molecule has 0 bridgehead atoms. The summed E-state index contributed by atoms with van der Waals surface area (Å²) in [7, 11) is 0. The topological polar surface area (TPSA) is 108 Å². The average molecular weight is 570 g/mol. The lowest BCUT2D eigenvalue weighted by Gasteiger charge is -2.31. The van der Waals surface area contributed by atoms with Gasteiger partial charge in [0.15, 0.2) is 0 Å². The first-order valence-corrected chi connectivity index (χ1v) is 14.8. The lowest BCUT2D eigenvalue weighted by atomic mass is 9.95. The number of alkyl carbamates (subject to hydrolysis) is 1. The fourth-order valence-corrected chi connectivity index (χ4v) is 6.25. The van der Waals surface area contributed by atoms with E-state index in [1.807, 2.05) is 61.5 Å². The number of rotatable bonds is 12. The highest BCUT2D eigenvalue weighted by atomic mass is 16.5. The number of fused-ring (bicyclic) bond motifs is 3. The predicted octanol–water partition coefficient (Wildman–Crippen LogP) is 5.32. The van der Waals surface area contributed by atoms with Gasteiger partial charge in [-0.25, -0.2) is 4.79 Å². The van der Waals surface area contributed by atoms with E-state index in [1.165, 1.54) is 0 Å². The number of hydrogen-bond donors (Lipinski definition) is 3. The zero-order valence-corrected chi connectivity index (χ0v) is 24.1. The Morgan fingerprint density at radius 2 is 1.62 bits per heavy atom. The van der Waals surface area contributed by atoms with Crippen LogP contribution in [-0.2, 0) is 20.9 Å².